The molecule has 0 amide bonds. The second-order valence-corrected chi connectivity index (χ2v) is 8.96. The molecule has 3 rings (SSSR count). The Labute approximate surface area is 184 Å². The number of nitrogens with zero attached hydrogens (tertiary/aromatic N) is 4. The molecule has 1 fully saturated rings. The molecule has 2 aromatic rings. The number of carbonyl (C=O) groups excluding carboxylic acids is 1. The molecular weight excluding hydrogens is 395 g/mol. The van der Waals surface area contributed by atoms with Gasteiger partial charge in [-0.1, -0.05) is 32.9 Å². The van der Waals surface area contributed by atoms with E-state index < -0.39 is 0 Å². The summed E-state index contributed by atoms with van der Waals surface area (Å²) in [6.07, 6.45) is 2.73. The van der Waals surface area contributed by atoms with Crippen LogP contribution in [0.1, 0.15) is 52.0 Å². The highest BCUT2D eigenvalue weighted by molar-refractivity contribution is 5.76. The summed E-state index contributed by atoms with van der Waals surface area (Å²) in [7, 11) is 1.85. The van der Waals surface area contributed by atoms with Crippen molar-refractivity contribution >= 4 is 17.4 Å². The molecule has 1 aliphatic rings. The maximum atomic E-state index is 15.1. The van der Waals surface area contributed by atoms with Crippen molar-refractivity contribution in [2.24, 2.45) is 5.92 Å². The van der Waals surface area contributed by atoms with Gasteiger partial charge < -0.3 is 19.3 Å². The molecule has 2 atom stereocenters. The third-order valence-electron chi connectivity index (χ3n) is 5.54. The third kappa shape index (κ3) is 5.93. The minimum atomic E-state index is -0.380. The van der Waals surface area contributed by atoms with Crippen molar-refractivity contribution in [3.05, 3.63) is 42.0 Å². The molecule has 0 radical (unpaired) electrons. The molecular formula is C24H33FN4O2. The van der Waals surface area contributed by atoms with Crippen LogP contribution in [-0.2, 0) is 4.79 Å². The molecule has 6 nitrogen and oxygen atoms in total. The molecule has 1 aromatic heterocycles. The van der Waals surface area contributed by atoms with Crippen LogP contribution in [0.2, 0.25) is 0 Å². The van der Waals surface area contributed by atoms with Gasteiger partial charge in [0.25, 0.3) is 0 Å². The summed E-state index contributed by atoms with van der Waals surface area (Å²) in [5.41, 5.74) is 1.12. The van der Waals surface area contributed by atoms with Gasteiger partial charge in [0.1, 0.15) is 24.0 Å². The normalized spacial score (nSPS) is 17.1. The first-order valence-electron chi connectivity index (χ1n) is 11.0. The molecule has 0 bridgehead atoms. The number of hydrogen-bond donors (Lipinski definition) is 0. The van der Waals surface area contributed by atoms with Crippen LogP contribution in [0.3, 0.4) is 0 Å². The van der Waals surface area contributed by atoms with E-state index in [1.165, 1.54) is 6.33 Å². The fourth-order valence-corrected chi connectivity index (χ4v) is 4.11. The van der Waals surface area contributed by atoms with Gasteiger partial charge in [-0.2, -0.15) is 4.39 Å². The Kier molecular flexibility index (Phi) is 7.46. The van der Waals surface area contributed by atoms with Gasteiger partial charge in [-0.25, -0.2) is 9.97 Å². The van der Waals surface area contributed by atoms with Gasteiger partial charge in [-0.05, 0) is 36.5 Å². The Morgan fingerprint density at radius 1 is 1.26 bits per heavy atom. The Bertz CT molecular complexity index is 888. The Balaban J connectivity index is 1.62. The molecule has 31 heavy (non-hydrogen) atoms. The Hall–Kier alpha value is -2.70. The lowest BCUT2D eigenvalue weighted by atomic mass is 9.96. The predicted octanol–water partition coefficient (Wildman–Crippen LogP) is 4.45. The Morgan fingerprint density at radius 2 is 1.97 bits per heavy atom. The summed E-state index contributed by atoms with van der Waals surface area (Å²) < 4.78 is 21.2. The molecule has 168 valence electrons. The van der Waals surface area contributed by atoms with Crippen molar-refractivity contribution in [3.63, 3.8) is 0 Å². The summed E-state index contributed by atoms with van der Waals surface area (Å²) in [6.45, 7) is 9.83. The third-order valence-corrected chi connectivity index (χ3v) is 5.54. The SMILES string of the molecule is CC(=O)C[C@@H](C)c1ccc(O[C@@H]2CCN(c3ncnc(N(C)CC(C)C)c3F)C2)cc1. The lowest BCUT2D eigenvalue weighted by Crippen LogP contribution is -2.29. The molecule has 2 heterocycles. The molecule has 1 aromatic carbocycles. The lowest BCUT2D eigenvalue weighted by molar-refractivity contribution is -0.117. The molecule has 1 aliphatic heterocycles. The van der Waals surface area contributed by atoms with E-state index in [9.17, 15) is 4.79 Å². The topological polar surface area (TPSA) is 58.6 Å². The van der Waals surface area contributed by atoms with Gasteiger partial charge in [0.15, 0.2) is 11.6 Å². The second kappa shape index (κ2) is 10.1. The number of hydrogen-bond acceptors (Lipinski definition) is 6. The summed E-state index contributed by atoms with van der Waals surface area (Å²) in [5.74, 6) is 1.86. The molecule has 0 N–H and O–H groups in total. The van der Waals surface area contributed by atoms with Crippen LogP contribution in [0, 0.1) is 11.7 Å². The smallest absolute Gasteiger partial charge is 0.208 e. The van der Waals surface area contributed by atoms with E-state index in [-0.39, 0.29) is 23.6 Å². The average Bonchev–Trinajstić information content (AvgIpc) is 3.15. The standard InChI is InChI=1S/C24H33FN4O2/c1-16(2)13-28(5)23-22(25)24(27-15-26-23)29-11-10-21(14-29)31-20-8-6-19(7-9-20)17(3)12-18(4)30/h6-9,15-17,21H,10-14H2,1-5H3/t17-,21-/m1/s1. The second-order valence-electron chi connectivity index (χ2n) is 8.96. The number of anilines is 2. The fourth-order valence-electron chi connectivity index (χ4n) is 4.11. The number of ether oxygens (including phenoxy) is 1. The van der Waals surface area contributed by atoms with Crippen molar-refractivity contribution in [3.8, 4) is 5.75 Å². The van der Waals surface area contributed by atoms with Crippen molar-refractivity contribution in [1.82, 2.24) is 9.97 Å². The van der Waals surface area contributed by atoms with E-state index in [2.05, 4.69) is 30.7 Å². The van der Waals surface area contributed by atoms with E-state index in [0.29, 0.717) is 37.1 Å². The van der Waals surface area contributed by atoms with Gasteiger partial charge >= 0.3 is 0 Å². The molecule has 1 saturated heterocycles. The van der Waals surface area contributed by atoms with E-state index in [0.717, 1.165) is 24.3 Å². The highest BCUT2D eigenvalue weighted by Crippen LogP contribution is 2.29. The summed E-state index contributed by atoms with van der Waals surface area (Å²) >= 11 is 0. The quantitative estimate of drug-likeness (QED) is 0.588. The first kappa shape index (κ1) is 23.0. The van der Waals surface area contributed by atoms with Crippen LogP contribution in [0.25, 0.3) is 0 Å². The minimum Gasteiger partial charge on any atom is -0.489 e. The average molecular weight is 429 g/mol. The van der Waals surface area contributed by atoms with Crippen LogP contribution < -0.4 is 14.5 Å². The zero-order chi connectivity index (χ0) is 22.5. The molecule has 0 spiro atoms. The molecule has 7 heteroatoms. The van der Waals surface area contributed by atoms with Crippen LogP contribution in [-0.4, -0.2) is 48.5 Å². The number of aromatic nitrogens is 2. The van der Waals surface area contributed by atoms with Gasteiger partial charge in [0.2, 0.25) is 5.82 Å². The summed E-state index contributed by atoms with van der Waals surface area (Å²) in [4.78, 5) is 23.5. The summed E-state index contributed by atoms with van der Waals surface area (Å²) in [5, 5.41) is 0. The lowest BCUT2D eigenvalue weighted by Gasteiger charge is -2.24. The predicted molar refractivity (Wildman–Crippen MR) is 121 cm³/mol. The molecule has 0 aliphatic carbocycles. The van der Waals surface area contributed by atoms with Crippen LogP contribution >= 0.6 is 0 Å². The minimum absolute atomic E-state index is 0.0355. The van der Waals surface area contributed by atoms with E-state index in [1.54, 1.807) is 6.92 Å². The van der Waals surface area contributed by atoms with E-state index >= 15 is 4.39 Å². The zero-order valence-electron chi connectivity index (χ0n) is 19.1. The largest absolute Gasteiger partial charge is 0.489 e. The summed E-state index contributed by atoms with van der Waals surface area (Å²) in [6, 6.07) is 7.91. The maximum absolute atomic E-state index is 15.1. The van der Waals surface area contributed by atoms with E-state index in [4.69, 9.17) is 4.74 Å². The number of carbonyl (C=O) groups is 1. The maximum Gasteiger partial charge on any atom is 0.208 e. The zero-order valence-corrected chi connectivity index (χ0v) is 19.1. The van der Waals surface area contributed by atoms with Gasteiger partial charge in [-0.15, -0.1) is 0 Å². The number of benzene rings is 1. The van der Waals surface area contributed by atoms with Crippen molar-refractivity contribution < 1.29 is 13.9 Å². The van der Waals surface area contributed by atoms with Gasteiger partial charge in [0.05, 0.1) is 6.54 Å². The van der Waals surface area contributed by atoms with Gasteiger partial charge in [0, 0.05) is 33.0 Å². The first-order valence-corrected chi connectivity index (χ1v) is 11.0. The van der Waals surface area contributed by atoms with Crippen LogP contribution in [0.4, 0.5) is 16.0 Å². The molecule has 0 saturated carbocycles. The Morgan fingerprint density at radius 3 is 2.61 bits per heavy atom. The fraction of sp³-hybridized carbons (Fsp3) is 0.542. The van der Waals surface area contributed by atoms with Crippen LogP contribution in [0.15, 0.2) is 30.6 Å². The van der Waals surface area contributed by atoms with Crippen molar-refractivity contribution in [2.45, 2.75) is 52.6 Å². The number of ketones is 1. The first-order chi connectivity index (χ1) is 14.7. The van der Waals surface area contributed by atoms with Crippen LogP contribution in [0.5, 0.6) is 5.75 Å². The van der Waals surface area contributed by atoms with Gasteiger partial charge in [-0.3, -0.25) is 0 Å². The highest BCUT2D eigenvalue weighted by Gasteiger charge is 2.29. The number of Topliss-reactive ketones (excluding diaryl/α,β-unsaturated/α-hetero) is 1. The monoisotopic (exact) mass is 428 g/mol. The van der Waals surface area contributed by atoms with Crippen molar-refractivity contribution in [2.75, 3.05) is 36.5 Å². The van der Waals surface area contributed by atoms with E-state index in [1.807, 2.05) is 41.1 Å². The number of halogens is 1. The highest BCUT2D eigenvalue weighted by atomic mass is 19.1. The number of rotatable bonds is 9. The van der Waals surface area contributed by atoms with Crippen molar-refractivity contribution in [1.29, 1.82) is 0 Å². The molecule has 0 unspecified atom stereocenters.